The van der Waals surface area contributed by atoms with Crippen LogP contribution in [0.2, 0.25) is 0 Å². The molecule has 100 valence electrons. The Bertz CT molecular complexity index is 538. The van der Waals surface area contributed by atoms with Crippen LogP contribution in [0.3, 0.4) is 0 Å². The molecule has 0 spiro atoms. The van der Waals surface area contributed by atoms with E-state index in [1.165, 1.54) is 6.07 Å². The first-order valence-electron chi connectivity index (χ1n) is 6.22. The summed E-state index contributed by atoms with van der Waals surface area (Å²) in [6.45, 7) is 3.39. The van der Waals surface area contributed by atoms with Crippen LogP contribution in [-0.4, -0.2) is 24.1 Å². The van der Waals surface area contributed by atoms with Gasteiger partial charge in [-0.25, -0.2) is 0 Å². The predicted molar refractivity (Wildman–Crippen MR) is 71.8 cm³/mol. The number of nitrogens with two attached hydrogens (primary N) is 1. The minimum absolute atomic E-state index is 0.000837. The lowest BCUT2D eigenvalue weighted by atomic mass is 9.93. The number of rotatable bonds is 2. The molecule has 2 unspecified atom stereocenters. The van der Waals surface area contributed by atoms with Gasteiger partial charge in [0.1, 0.15) is 17.3 Å². The second kappa shape index (κ2) is 5.24. The smallest absolute Gasteiger partial charge is 0.310 e. The van der Waals surface area contributed by atoms with Gasteiger partial charge in [0, 0.05) is 19.1 Å². The summed E-state index contributed by atoms with van der Waals surface area (Å²) in [7, 11) is 0. The molecule has 1 heterocycles. The average Bonchev–Trinajstić information content (AvgIpc) is 2.40. The van der Waals surface area contributed by atoms with Gasteiger partial charge in [0.2, 0.25) is 0 Å². The number of piperidine rings is 1. The molecule has 0 radical (unpaired) electrons. The Kier molecular flexibility index (Phi) is 3.67. The molecule has 0 aliphatic carbocycles. The molecule has 1 aliphatic heterocycles. The van der Waals surface area contributed by atoms with E-state index in [0.717, 1.165) is 13.0 Å². The van der Waals surface area contributed by atoms with Crippen LogP contribution in [0.5, 0.6) is 0 Å². The van der Waals surface area contributed by atoms with E-state index < -0.39 is 4.92 Å². The van der Waals surface area contributed by atoms with Gasteiger partial charge in [-0.05, 0) is 24.5 Å². The summed E-state index contributed by atoms with van der Waals surface area (Å²) in [4.78, 5) is 12.6. The lowest BCUT2D eigenvalue weighted by molar-refractivity contribution is -0.384. The number of nitriles is 1. The highest BCUT2D eigenvalue weighted by molar-refractivity contribution is 5.70. The van der Waals surface area contributed by atoms with Crippen LogP contribution in [0.15, 0.2) is 18.2 Å². The lowest BCUT2D eigenvalue weighted by Gasteiger charge is -2.36. The number of nitro groups is 1. The molecule has 2 atom stereocenters. The number of nitrogens with zero attached hydrogens (tertiary/aromatic N) is 3. The third kappa shape index (κ3) is 2.51. The summed E-state index contributed by atoms with van der Waals surface area (Å²) in [5, 5.41) is 20.2. The summed E-state index contributed by atoms with van der Waals surface area (Å²) >= 11 is 0. The van der Waals surface area contributed by atoms with E-state index in [1.54, 1.807) is 12.1 Å². The molecule has 2 rings (SSSR count). The van der Waals surface area contributed by atoms with Crippen molar-refractivity contribution < 1.29 is 4.92 Å². The molecule has 0 saturated carbocycles. The highest BCUT2D eigenvalue weighted by Crippen LogP contribution is 2.33. The van der Waals surface area contributed by atoms with Gasteiger partial charge in [0.05, 0.1) is 4.92 Å². The highest BCUT2D eigenvalue weighted by atomic mass is 16.6. The van der Waals surface area contributed by atoms with Crippen LogP contribution < -0.4 is 10.6 Å². The first-order valence-corrected chi connectivity index (χ1v) is 6.22. The number of hydrogen-bond acceptors (Lipinski definition) is 5. The van der Waals surface area contributed by atoms with E-state index in [2.05, 4.69) is 6.92 Å². The lowest BCUT2D eigenvalue weighted by Crippen LogP contribution is -2.47. The van der Waals surface area contributed by atoms with Crippen molar-refractivity contribution in [1.29, 1.82) is 5.26 Å². The maximum absolute atomic E-state index is 11.2. The Morgan fingerprint density at radius 2 is 2.32 bits per heavy atom. The zero-order valence-electron chi connectivity index (χ0n) is 10.7. The van der Waals surface area contributed by atoms with E-state index in [9.17, 15) is 10.1 Å². The van der Waals surface area contributed by atoms with E-state index in [0.29, 0.717) is 18.2 Å². The second-order valence-electron chi connectivity index (χ2n) is 4.92. The fourth-order valence-electron chi connectivity index (χ4n) is 2.39. The van der Waals surface area contributed by atoms with Crippen LogP contribution in [-0.2, 0) is 0 Å². The van der Waals surface area contributed by atoms with Crippen LogP contribution in [0.1, 0.15) is 18.9 Å². The monoisotopic (exact) mass is 260 g/mol. The molecule has 19 heavy (non-hydrogen) atoms. The summed E-state index contributed by atoms with van der Waals surface area (Å²) in [6, 6.07) is 6.70. The minimum Gasteiger partial charge on any atom is -0.364 e. The molecule has 1 aromatic rings. The standard InChI is InChI=1S/C13H16N4O2/c1-9-5-6-16(8-11(9)15)12-4-2-3-10(7-14)13(12)17(18)19/h2-4,9,11H,5-6,8,15H2,1H3. The van der Waals surface area contributed by atoms with Crippen molar-refractivity contribution in [2.45, 2.75) is 19.4 Å². The minimum atomic E-state index is -0.489. The van der Waals surface area contributed by atoms with Gasteiger partial charge in [-0.3, -0.25) is 10.1 Å². The van der Waals surface area contributed by atoms with Crippen LogP contribution in [0.4, 0.5) is 11.4 Å². The van der Waals surface area contributed by atoms with Crippen molar-refractivity contribution in [3.05, 3.63) is 33.9 Å². The molecule has 2 N–H and O–H groups in total. The number of para-hydroxylation sites is 1. The normalized spacial score (nSPS) is 22.9. The number of anilines is 1. The van der Waals surface area contributed by atoms with Crippen molar-refractivity contribution in [1.82, 2.24) is 0 Å². The van der Waals surface area contributed by atoms with Gasteiger partial charge >= 0.3 is 5.69 Å². The van der Waals surface area contributed by atoms with E-state index in [-0.39, 0.29) is 17.3 Å². The summed E-state index contributed by atoms with van der Waals surface area (Å²) in [5.41, 5.74) is 6.49. The molecule has 6 nitrogen and oxygen atoms in total. The first kappa shape index (κ1) is 13.3. The Labute approximate surface area is 111 Å². The summed E-state index contributed by atoms with van der Waals surface area (Å²) in [5.74, 6) is 0.412. The van der Waals surface area contributed by atoms with Crippen molar-refractivity contribution in [2.24, 2.45) is 11.7 Å². The first-order chi connectivity index (χ1) is 9.04. The summed E-state index contributed by atoms with van der Waals surface area (Å²) in [6.07, 6.45) is 0.898. The third-order valence-corrected chi connectivity index (χ3v) is 3.67. The Morgan fingerprint density at radius 1 is 1.58 bits per heavy atom. The van der Waals surface area contributed by atoms with Gasteiger partial charge in [-0.2, -0.15) is 5.26 Å². The molecule has 6 heteroatoms. The molecule has 0 amide bonds. The zero-order chi connectivity index (χ0) is 14.0. The SMILES string of the molecule is CC1CCN(c2cccc(C#N)c2[N+](=O)[O-])CC1N. The van der Waals surface area contributed by atoms with E-state index >= 15 is 0 Å². The molecule has 1 aliphatic rings. The number of benzene rings is 1. The van der Waals surface area contributed by atoms with Gasteiger partial charge in [-0.1, -0.05) is 13.0 Å². The Hall–Kier alpha value is -2.13. The summed E-state index contributed by atoms with van der Waals surface area (Å²) < 4.78 is 0. The molecule has 0 bridgehead atoms. The van der Waals surface area contributed by atoms with Crippen molar-refractivity contribution in [2.75, 3.05) is 18.0 Å². The average molecular weight is 260 g/mol. The van der Waals surface area contributed by atoms with Gasteiger partial charge in [-0.15, -0.1) is 0 Å². The molecule has 0 aromatic heterocycles. The van der Waals surface area contributed by atoms with Crippen molar-refractivity contribution >= 4 is 11.4 Å². The molecular formula is C13H16N4O2. The second-order valence-corrected chi connectivity index (χ2v) is 4.92. The fourth-order valence-corrected chi connectivity index (χ4v) is 2.39. The van der Waals surface area contributed by atoms with Gasteiger partial charge < -0.3 is 10.6 Å². The number of nitro benzene ring substituents is 1. The van der Waals surface area contributed by atoms with Crippen LogP contribution in [0, 0.1) is 27.4 Å². The van der Waals surface area contributed by atoms with E-state index in [4.69, 9.17) is 11.0 Å². The quantitative estimate of drug-likeness (QED) is 0.644. The largest absolute Gasteiger partial charge is 0.364 e. The van der Waals surface area contributed by atoms with Gasteiger partial charge in [0.25, 0.3) is 0 Å². The van der Waals surface area contributed by atoms with E-state index in [1.807, 2.05) is 11.0 Å². The Morgan fingerprint density at radius 3 is 2.89 bits per heavy atom. The highest BCUT2D eigenvalue weighted by Gasteiger charge is 2.29. The Balaban J connectivity index is 2.40. The maximum Gasteiger partial charge on any atom is 0.310 e. The van der Waals surface area contributed by atoms with Crippen LogP contribution >= 0.6 is 0 Å². The molecule has 1 fully saturated rings. The maximum atomic E-state index is 11.2. The zero-order valence-corrected chi connectivity index (χ0v) is 10.7. The number of hydrogen-bond donors (Lipinski definition) is 1. The molecular weight excluding hydrogens is 244 g/mol. The molecule has 1 saturated heterocycles. The van der Waals surface area contributed by atoms with Gasteiger partial charge in [0.15, 0.2) is 0 Å². The molecule has 1 aromatic carbocycles. The van der Waals surface area contributed by atoms with Crippen molar-refractivity contribution in [3.8, 4) is 6.07 Å². The third-order valence-electron chi connectivity index (χ3n) is 3.67. The topological polar surface area (TPSA) is 96.2 Å². The fraction of sp³-hybridized carbons (Fsp3) is 0.462. The predicted octanol–water partition coefficient (Wildman–Crippen LogP) is 1.64. The van der Waals surface area contributed by atoms with Crippen LogP contribution in [0.25, 0.3) is 0 Å². The van der Waals surface area contributed by atoms with Crippen molar-refractivity contribution in [3.63, 3.8) is 0 Å².